The molecule has 7 heteroatoms. The van der Waals surface area contributed by atoms with Gasteiger partial charge >= 0.3 is 5.97 Å². The first-order valence-corrected chi connectivity index (χ1v) is 12.0. The molecule has 0 radical (unpaired) electrons. The average molecular weight is 456 g/mol. The SMILES string of the molecule is CCOC(=O)c1c(NC(=O)/C(=C/c2ccc(F)cc2)c2ccsc2)sc2c1CCCC2. The van der Waals surface area contributed by atoms with E-state index in [0.717, 1.165) is 41.7 Å². The summed E-state index contributed by atoms with van der Waals surface area (Å²) in [6.45, 7) is 2.05. The lowest BCUT2D eigenvalue weighted by molar-refractivity contribution is -0.111. The Hall–Kier alpha value is -2.77. The van der Waals surface area contributed by atoms with E-state index >= 15 is 0 Å². The van der Waals surface area contributed by atoms with Gasteiger partial charge in [-0.25, -0.2) is 9.18 Å². The molecule has 1 aromatic carbocycles. The van der Waals surface area contributed by atoms with Crippen molar-refractivity contribution < 1.29 is 18.7 Å². The van der Waals surface area contributed by atoms with Gasteiger partial charge in [-0.05, 0) is 84.3 Å². The van der Waals surface area contributed by atoms with Gasteiger partial charge in [0.15, 0.2) is 0 Å². The number of esters is 1. The van der Waals surface area contributed by atoms with Gasteiger partial charge < -0.3 is 10.1 Å². The van der Waals surface area contributed by atoms with E-state index in [4.69, 9.17) is 4.74 Å². The summed E-state index contributed by atoms with van der Waals surface area (Å²) in [7, 11) is 0. The van der Waals surface area contributed by atoms with Crippen LogP contribution in [0.4, 0.5) is 9.39 Å². The van der Waals surface area contributed by atoms with Crippen LogP contribution in [0.3, 0.4) is 0 Å². The molecule has 2 aromatic heterocycles. The lowest BCUT2D eigenvalue weighted by Gasteiger charge is -2.12. The molecule has 0 atom stereocenters. The van der Waals surface area contributed by atoms with Crippen LogP contribution < -0.4 is 5.32 Å². The zero-order chi connectivity index (χ0) is 21.8. The number of ether oxygens (including phenoxy) is 1. The standard InChI is InChI=1S/C24H22FNO3S2/c1-2-29-24(28)21-18-5-3-4-6-20(18)31-23(21)26-22(27)19(16-11-12-30-14-16)13-15-7-9-17(25)10-8-15/h7-14H,2-6H2,1H3,(H,26,27)/b19-13+. The molecule has 160 valence electrons. The van der Waals surface area contributed by atoms with E-state index in [0.29, 0.717) is 21.7 Å². The second-order valence-corrected chi connectivity index (χ2v) is 9.10. The van der Waals surface area contributed by atoms with Gasteiger partial charge in [0, 0.05) is 10.5 Å². The van der Waals surface area contributed by atoms with Crippen molar-refractivity contribution in [3.63, 3.8) is 0 Å². The van der Waals surface area contributed by atoms with Gasteiger partial charge in [-0.15, -0.1) is 11.3 Å². The van der Waals surface area contributed by atoms with Crippen molar-refractivity contribution in [1.29, 1.82) is 0 Å². The highest BCUT2D eigenvalue weighted by atomic mass is 32.1. The molecule has 1 aliphatic rings. The number of amides is 1. The summed E-state index contributed by atoms with van der Waals surface area (Å²) >= 11 is 2.95. The summed E-state index contributed by atoms with van der Waals surface area (Å²) in [6, 6.07) is 7.85. The summed E-state index contributed by atoms with van der Waals surface area (Å²) in [5.74, 6) is -1.04. The second kappa shape index (κ2) is 9.58. The molecular formula is C24H22FNO3S2. The third-order valence-corrected chi connectivity index (χ3v) is 7.03. The van der Waals surface area contributed by atoms with Crippen molar-refractivity contribution >= 4 is 51.2 Å². The molecule has 0 saturated heterocycles. The number of thiophene rings is 2. The Morgan fingerprint density at radius 1 is 1.16 bits per heavy atom. The third kappa shape index (κ3) is 4.78. The molecule has 31 heavy (non-hydrogen) atoms. The van der Waals surface area contributed by atoms with Gasteiger partial charge in [0.2, 0.25) is 0 Å². The maximum Gasteiger partial charge on any atom is 0.341 e. The molecule has 0 saturated carbocycles. The summed E-state index contributed by atoms with van der Waals surface area (Å²) in [5, 5.41) is 7.29. The lowest BCUT2D eigenvalue weighted by Crippen LogP contribution is -2.16. The fraction of sp³-hybridized carbons (Fsp3) is 0.250. The van der Waals surface area contributed by atoms with E-state index in [1.807, 2.05) is 16.8 Å². The van der Waals surface area contributed by atoms with Crippen molar-refractivity contribution in [3.8, 4) is 0 Å². The molecular weight excluding hydrogens is 433 g/mol. The predicted molar refractivity (Wildman–Crippen MR) is 124 cm³/mol. The number of nitrogens with one attached hydrogen (secondary N) is 1. The molecule has 0 bridgehead atoms. The Morgan fingerprint density at radius 2 is 1.94 bits per heavy atom. The van der Waals surface area contributed by atoms with E-state index < -0.39 is 5.97 Å². The summed E-state index contributed by atoms with van der Waals surface area (Å²) in [5.41, 5.74) is 3.43. The van der Waals surface area contributed by atoms with Crippen LogP contribution in [0.2, 0.25) is 0 Å². The van der Waals surface area contributed by atoms with Crippen LogP contribution in [0.1, 0.15) is 51.7 Å². The number of aryl methyl sites for hydroxylation is 1. The van der Waals surface area contributed by atoms with E-state index in [2.05, 4.69) is 5.32 Å². The molecule has 4 rings (SSSR count). The lowest BCUT2D eigenvalue weighted by atomic mass is 9.95. The average Bonchev–Trinajstić information content (AvgIpc) is 3.41. The largest absolute Gasteiger partial charge is 0.462 e. The highest BCUT2D eigenvalue weighted by Gasteiger charge is 2.28. The van der Waals surface area contributed by atoms with Crippen LogP contribution in [0.25, 0.3) is 11.6 Å². The van der Waals surface area contributed by atoms with Crippen molar-refractivity contribution in [2.45, 2.75) is 32.6 Å². The Kier molecular flexibility index (Phi) is 6.63. The van der Waals surface area contributed by atoms with Crippen LogP contribution in [0, 0.1) is 5.82 Å². The van der Waals surface area contributed by atoms with Crippen molar-refractivity contribution in [1.82, 2.24) is 0 Å². The molecule has 4 nitrogen and oxygen atoms in total. The van der Waals surface area contributed by atoms with Crippen molar-refractivity contribution in [3.05, 3.63) is 74.0 Å². The van der Waals surface area contributed by atoms with Gasteiger partial charge in [-0.3, -0.25) is 4.79 Å². The Morgan fingerprint density at radius 3 is 2.65 bits per heavy atom. The number of carbonyl (C=O) groups is 2. The summed E-state index contributed by atoms with van der Waals surface area (Å²) in [4.78, 5) is 27.2. The first-order valence-electron chi connectivity index (χ1n) is 10.2. The number of rotatable bonds is 6. The maximum absolute atomic E-state index is 13.3. The predicted octanol–water partition coefficient (Wildman–Crippen LogP) is 6.18. The first-order chi connectivity index (χ1) is 15.1. The summed E-state index contributed by atoms with van der Waals surface area (Å²) < 4.78 is 18.6. The highest BCUT2D eigenvalue weighted by molar-refractivity contribution is 7.17. The first kappa shape index (κ1) is 21.5. The Labute approximate surface area is 188 Å². The van der Waals surface area contributed by atoms with Crippen molar-refractivity contribution in [2.24, 2.45) is 0 Å². The van der Waals surface area contributed by atoms with Gasteiger partial charge in [0.25, 0.3) is 5.91 Å². The van der Waals surface area contributed by atoms with E-state index in [9.17, 15) is 14.0 Å². The van der Waals surface area contributed by atoms with Gasteiger partial charge in [0.1, 0.15) is 10.8 Å². The maximum atomic E-state index is 13.3. The van der Waals surface area contributed by atoms with Crippen LogP contribution in [0.5, 0.6) is 0 Å². The molecule has 3 aromatic rings. The highest BCUT2D eigenvalue weighted by Crippen LogP contribution is 2.39. The Balaban J connectivity index is 1.70. The number of halogens is 1. The van der Waals surface area contributed by atoms with Crippen LogP contribution in [0.15, 0.2) is 41.1 Å². The number of hydrogen-bond acceptors (Lipinski definition) is 5. The molecule has 1 N–H and O–H groups in total. The molecule has 1 amide bonds. The smallest absolute Gasteiger partial charge is 0.341 e. The monoisotopic (exact) mass is 455 g/mol. The van der Waals surface area contributed by atoms with Crippen LogP contribution >= 0.6 is 22.7 Å². The minimum atomic E-state index is -0.392. The van der Waals surface area contributed by atoms with E-state index in [1.165, 1.54) is 34.8 Å². The number of hydrogen-bond donors (Lipinski definition) is 1. The van der Waals surface area contributed by atoms with Crippen LogP contribution in [-0.2, 0) is 22.4 Å². The number of carbonyl (C=O) groups excluding carboxylic acids is 2. The van der Waals surface area contributed by atoms with Gasteiger partial charge in [-0.2, -0.15) is 11.3 Å². The minimum absolute atomic E-state index is 0.279. The van der Waals surface area contributed by atoms with Crippen molar-refractivity contribution in [2.75, 3.05) is 11.9 Å². The minimum Gasteiger partial charge on any atom is -0.462 e. The Bertz CT molecular complexity index is 1110. The normalized spacial score (nSPS) is 13.5. The van der Waals surface area contributed by atoms with E-state index in [1.54, 1.807) is 25.1 Å². The number of anilines is 1. The van der Waals surface area contributed by atoms with E-state index in [-0.39, 0.29) is 18.3 Å². The topological polar surface area (TPSA) is 55.4 Å². The number of fused-ring (bicyclic) bond motifs is 1. The second-order valence-electron chi connectivity index (χ2n) is 7.21. The zero-order valence-corrected chi connectivity index (χ0v) is 18.7. The summed E-state index contributed by atoms with van der Waals surface area (Å²) in [6.07, 6.45) is 5.56. The molecule has 0 fully saturated rings. The fourth-order valence-corrected chi connectivity index (χ4v) is 5.60. The molecule has 1 aliphatic carbocycles. The number of benzene rings is 1. The third-order valence-electron chi connectivity index (χ3n) is 5.14. The molecule has 0 aliphatic heterocycles. The zero-order valence-electron chi connectivity index (χ0n) is 17.1. The van der Waals surface area contributed by atoms with Gasteiger partial charge in [-0.1, -0.05) is 12.1 Å². The quantitative estimate of drug-likeness (QED) is 0.356. The molecule has 0 spiro atoms. The van der Waals surface area contributed by atoms with Crippen LogP contribution in [-0.4, -0.2) is 18.5 Å². The fourth-order valence-electron chi connectivity index (χ4n) is 3.67. The molecule has 0 unspecified atom stereocenters. The van der Waals surface area contributed by atoms with Gasteiger partial charge in [0.05, 0.1) is 12.2 Å². The molecule has 2 heterocycles.